The molecule has 108 valence electrons. The Morgan fingerprint density at radius 3 is 2.25 bits per heavy atom. The largest absolute Gasteiger partial charge is 0.273 e. The maximum absolute atomic E-state index is 12.1. The Morgan fingerprint density at radius 2 is 1.70 bits per heavy atom. The zero-order chi connectivity index (χ0) is 14.6. The number of benzene rings is 1. The lowest BCUT2D eigenvalue weighted by molar-refractivity contribution is -0.130. The van der Waals surface area contributed by atoms with E-state index in [-0.39, 0.29) is 17.2 Å². The SMILES string of the molecule is CCc1ccc(C(=O)NNC(=O)C2(C)CCCC2)cc1. The lowest BCUT2D eigenvalue weighted by Gasteiger charge is -2.22. The predicted octanol–water partition coefficient (Wildman–Crippen LogP) is 2.59. The van der Waals surface area contributed by atoms with Gasteiger partial charge >= 0.3 is 0 Å². The molecule has 4 nitrogen and oxygen atoms in total. The summed E-state index contributed by atoms with van der Waals surface area (Å²) in [5.41, 5.74) is 6.46. The molecule has 0 atom stereocenters. The van der Waals surface area contributed by atoms with Gasteiger partial charge in [0.1, 0.15) is 0 Å². The number of nitrogens with one attached hydrogen (secondary N) is 2. The van der Waals surface area contributed by atoms with E-state index in [0.717, 1.165) is 32.1 Å². The highest BCUT2D eigenvalue weighted by Crippen LogP contribution is 2.37. The van der Waals surface area contributed by atoms with E-state index in [0.29, 0.717) is 5.56 Å². The fourth-order valence-corrected chi connectivity index (χ4v) is 2.61. The summed E-state index contributed by atoms with van der Waals surface area (Å²) in [5.74, 6) is -0.365. The minimum absolute atomic E-state index is 0.0893. The quantitative estimate of drug-likeness (QED) is 0.832. The van der Waals surface area contributed by atoms with Gasteiger partial charge in [-0.1, -0.05) is 38.8 Å². The summed E-state index contributed by atoms with van der Waals surface area (Å²) in [6, 6.07) is 7.40. The van der Waals surface area contributed by atoms with Gasteiger partial charge < -0.3 is 0 Å². The van der Waals surface area contributed by atoms with E-state index in [1.807, 2.05) is 19.1 Å². The van der Waals surface area contributed by atoms with Crippen molar-refractivity contribution in [3.63, 3.8) is 0 Å². The fraction of sp³-hybridized carbons (Fsp3) is 0.500. The smallest absolute Gasteiger partial charge is 0.269 e. The second-order valence-corrected chi connectivity index (χ2v) is 5.73. The molecule has 0 saturated heterocycles. The first-order valence-corrected chi connectivity index (χ1v) is 7.25. The molecule has 0 aromatic heterocycles. The van der Waals surface area contributed by atoms with Gasteiger partial charge in [-0.15, -0.1) is 0 Å². The number of hydrogen-bond acceptors (Lipinski definition) is 2. The van der Waals surface area contributed by atoms with E-state index < -0.39 is 0 Å². The van der Waals surface area contributed by atoms with Crippen molar-refractivity contribution in [2.75, 3.05) is 0 Å². The average molecular weight is 274 g/mol. The Morgan fingerprint density at radius 1 is 1.10 bits per heavy atom. The first-order chi connectivity index (χ1) is 9.55. The first-order valence-electron chi connectivity index (χ1n) is 7.25. The number of rotatable bonds is 3. The molecule has 1 aromatic carbocycles. The minimum Gasteiger partial charge on any atom is -0.273 e. The van der Waals surface area contributed by atoms with Crippen molar-refractivity contribution in [1.82, 2.24) is 10.9 Å². The monoisotopic (exact) mass is 274 g/mol. The molecule has 2 N–H and O–H groups in total. The van der Waals surface area contributed by atoms with Gasteiger partial charge in [0.25, 0.3) is 5.91 Å². The Balaban J connectivity index is 1.89. The van der Waals surface area contributed by atoms with Crippen molar-refractivity contribution in [2.24, 2.45) is 5.41 Å². The highest BCUT2D eigenvalue weighted by molar-refractivity contribution is 5.95. The van der Waals surface area contributed by atoms with E-state index >= 15 is 0 Å². The Hall–Kier alpha value is -1.84. The molecule has 1 saturated carbocycles. The van der Waals surface area contributed by atoms with Crippen LogP contribution in [-0.2, 0) is 11.2 Å². The predicted molar refractivity (Wildman–Crippen MR) is 78.0 cm³/mol. The van der Waals surface area contributed by atoms with Gasteiger partial charge in [-0.05, 0) is 37.0 Å². The van der Waals surface area contributed by atoms with Crippen LogP contribution in [0, 0.1) is 5.41 Å². The molecule has 0 radical (unpaired) electrons. The maximum Gasteiger partial charge on any atom is 0.269 e. The average Bonchev–Trinajstić information content (AvgIpc) is 2.92. The Kier molecular flexibility index (Phi) is 4.42. The van der Waals surface area contributed by atoms with Gasteiger partial charge in [-0.3, -0.25) is 20.4 Å². The number of carbonyl (C=O) groups excluding carboxylic acids is 2. The van der Waals surface area contributed by atoms with E-state index in [4.69, 9.17) is 0 Å². The zero-order valence-electron chi connectivity index (χ0n) is 12.2. The summed E-state index contributed by atoms with van der Waals surface area (Å²) in [5, 5.41) is 0. The highest BCUT2D eigenvalue weighted by atomic mass is 16.2. The molecule has 0 spiro atoms. The van der Waals surface area contributed by atoms with Crippen LogP contribution in [0.1, 0.15) is 55.5 Å². The van der Waals surface area contributed by atoms with E-state index in [1.54, 1.807) is 12.1 Å². The lowest BCUT2D eigenvalue weighted by atomic mass is 9.88. The second kappa shape index (κ2) is 6.07. The molecular formula is C16H22N2O2. The number of hydrogen-bond donors (Lipinski definition) is 2. The van der Waals surface area contributed by atoms with Crippen LogP contribution in [0.15, 0.2) is 24.3 Å². The molecule has 20 heavy (non-hydrogen) atoms. The van der Waals surface area contributed by atoms with Crippen LogP contribution in [-0.4, -0.2) is 11.8 Å². The molecule has 4 heteroatoms. The summed E-state index contributed by atoms with van der Waals surface area (Å²) in [7, 11) is 0. The van der Waals surface area contributed by atoms with Crippen LogP contribution in [0.2, 0.25) is 0 Å². The molecule has 1 fully saturated rings. The van der Waals surface area contributed by atoms with Crippen LogP contribution in [0.5, 0.6) is 0 Å². The Labute approximate surface area is 119 Å². The number of carbonyl (C=O) groups is 2. The summed E-state index contributed by atoms with van der Waals surface area (Å²) in [4.78, 5) is 24.0. The maximum atomic E-state index is 12.1. The van der Waals surface area contributed by atoms with Crippen LogP contribution in [0.25, 0.3) is 0 Å². The zero-order valence-corrected chi connectivity index (χ0v) is 12.2. The van der Waals surface area contributed by atoms with Crippen LogP contribution in [0.3, 0.4) is 0 Å². The van der Waals surface area contributed by atoms with Crippen LogP contribution in [0.4, 0.5) is 0 Å². The Bertz CT molecular complexity index is 488. The molecule has 2 amide bonds. The number of amides is 2. The topological polar surface area (TPSA) is 58.2 Å². The van der Waals surface area contributed by atoms with Crippen molar-refractivity contribution >= 4 is 11.8 Å². The molecule has 2 rings (SSSR count). The van der Waals surface area contributed by atoms with Crippen molar-refractivity contribution < 1.29 is 9.59 Å². The van der Waals surface area contributed by atoms with Crippen LogP contribution < -0.4 is 10.9 Å². The minimum atomic E-state index is -0.334. The molecule has 0 aliphatic heterocycles. The van der Waals surface area contributed by atoms with Gasteiger partial charge in [0.15, 0.2) is 0 Å². The second-order valence-electron chi connectivity index (χ2n) is 5.73. The van der Waals surface area contributed by atoms with Gasteiger partial charge in [-0.25, -0.2) is 0 Å². The van der Waals surface area contributed by atoms with Crippen molar-refractivity contribution in [1.29, 1.82) is 0 Å². The van der Waals surface area contributed by atoms with Gasteiger partial charge in [0.05, 0.1) is 0 Å². The van der Waals surface area contributed by atoms with E-state index in [2.05, 4.69) is 17.8 Å². The van der Waals surface area contributed by atoms with Gasteiger partial charge in [0, 0.05) is 11.0 Å². The number of aryl methyl sites for hydroxylation is 1. The van der Waals surface area contributed by atoms with Crippen LogP contribution >= 0.6 is 0 Å². The lowest BCUT2D eigenvalue weighted by Crippen LogP contribution is -2.47. The third kappa shape index (κ3) is 3.18. The molecular weight excluding hydrogens is 252 g/mol. The highest BCUT2D eigenvalue weighted by Gasteiger charge is 2.36. The summed E-state index contributed by atoms with van der Waals surface area (Å²) in [6.07, 6.45) is 4.88. The normalized spacial score (nSPS) is 16.7. The van der Waals surface area contributed by atoms with Crippen molar-refractivity contribution in [3.8, 4) is 0 Å². The third-order valence-corrected chi connectivity index (χ3v) is 4.17. The van der Waals surface area contributed by atoms with Crippen molar-refractivity contribution in [2.45, 2.75) is 46.0 Å². The number of hydrazine groups is 1. The standard InChI is InChI=1S/C16H22N2O2/c1-3-12-6-8-13(9-7-12)14(19)17-18-15(20)16(2)10-4-5-11-16/h6-9H,3-5,10-11H2,1-2H3,(H,17,19)(H,18,20). The summed E-state index contributed by atoms with van der Waals surface area (Å²) >= 11 is 0. The van der Waals surface area contributed by atoms with Gasteiger partial charge in [-0.2, -0.15) is 0 Å². The van der Waals surface area contributed by atoms with Crippen molar-refractivity contribution in [3.05, 3.63) is 35.4 Å². The molecule has 0 heterocycles. The molecule has 1 aliphatic rings. The molecule has 1 aliphatic carbocycles. The van der Waals surface area contributed by atoms with E-state index in [9.17, 15) is 9.59 Å². The molecule has 1 aromatic rings. The third-order valence-electron chi connectivity index (χ3n) is 4.17. The summed E-state index contributed by atoms with van der Waals surface area (Å²) in [6.45, 7) is 4.02. The summed E-state index contributed by atoms with van der Waals surface area (Å²) < 4.78 is 0. The molecule has 0 unspecified atom stereocenters. The van der Waals surface area contributed by atoms with Gasteiger partial charge in [0.2, 0.25) is 5.91 Å². The molecule has 0 bridgehead atoms. The van der Waals surface area contributed by atoms with E-state index in [1.165, 1.54) is 5.56 Å². The fourth-order valence-electron chi connectivity index (χ4n) is 2.61. The first kappa shape index (κ1) is 14.6.